The Morgan fingerprint density at radius 1 is 1.44 bits per heavy atom. The van der Waals surface area contributed by atoms with Gasteiger partial charge in [-0.25, -0.2) is 18.1 Å². The molecule has 0 aliphatic rings. The molecular formula is C11H17ClN2O3S. The Labute approximate surface area is 113 Å². The van der Waals surface area contributed by atoms with E-state index in [1.165, 1.54) is 18.3 Å². The van der Waals surface area contributed by atoms with Gasteiger partial charge in [0.1, 0.15) is 5.15 Å². The van der Waals surface area contributed by atoms with Crippen LogP contribution in [0, 0.1) is 0 Å². The molecule has 5 nitrogen and oxygen atoms in total. The number of nitrogens with one attached hydrogen (secondary N) is 1. The molecule has 0 bridgehead atoms. The van der Waals surface area contributed by atoms with Crippen LogP contribution in [0.2, 0.25) is 5.15 Å². The third-order valence-corrected chi connectivity index (χ3v) is 3.85. The third kappa shape index (κ3) is 5.30. The van der Waals surface area contributed by atoms with E-state index in [9.17, 15) is 8.42 Å². The molecule has 0 aromatic carbocycles. The SMILES string of the molecule is CCCCOCCNS(=O)(=O)c1ccnc(Cl)c1. The highest BCUT2D eigenvalue weighted by molar-refractivity contribution is 7.89. The topological polar surface area (TPSA) is 68.3 Å². The van der Waals surface area contributed by atoms with E-state index in [0.29, 0.717) is 13.2 Å². The molecule has 1 aromatic heterocycles. The summed E-state index contributed by atoms with van der Waals surface area (Å²) in [6.45, 7) is 3.32. The number of aromatic nitrogens is 1. The summed E-state index contributed by atoms with van der Waals surface area (Å²) in [5.41, 5.74) is 0. The van der Waals surface area contributed by atoms with Crippen LogP contribution in [0.1, 0.15) is 19.8 Å². The first-order chi connectivity index (χ1) is 8.56. The molecule has 7 heteroatoms. The Kier molecular flexibility index (Phi) is 6.56. The van der Waals surface area contributed by atoms with Gasteiger partial charge in [0, 0.05) is 19.3 Å². The fourth-order valence-corrected chi connectivity index (χ4v) is 2.50. The van der Waals surface area contributed by atoms with Gasteiger partial charge in [-0.05, 0) is 18.6 Å². The van der Waals surface area contributed by atoms with E-state index in [1.807, 2.05) is 0 Å². The smallest absolute Gasteiger partial charge is 0.240 e. The molecule has 0 aliphatic carbocycles. The first kappa shape index (κ1) is 15.4. The maximum Gasteiger partial charge on any atom is 0.240 e. The first-order valence-electron chi connectivity index (χ1n) is 5.75. The van der Waals surface area contributed by atoms with Gasteiger partial charge in [0.05, 0.1) is 11.5 Å². The minimum Gasteiger partial charge on any atom is -0.380 e. The second kappa shape index (κ2) is 7.68. The molecule has 0 spiro atoms. The lowest BCUT2D eigenvalue weighted by Crippen LogP contribution is -2.27. The van der Waals surface area contributed by atoms with Crippen LogP contribution in [-0.2, 0) is 14.8 Å². The van der Waals surface area contributed by atoms with Gasteiger partial charge >= 0.3 is 0 Å². The molecular weight excluding hydrogens is 276 g/mol. The van der Waals surface area contributed by atoms with E-state index in [1.54, 1.807) is 0 Å². The highest BCUT2D eigenvalue weighted by Crippen LogP contribution is 2.12. The van der Waals surface area contributed by atoms with E-state index >= 15 is 0 Å². The third-order valence-electron chi connectivity index (χ3n) is 2.19. The lowest BCUT2D eigenvalue weighted by Gasteiger charge is -2.07. The van der Waals surface area contributed by atoms with E-state index in [2.05, 4.69) is 16.6 Å². The quantitative estimate of drug-likeness (QED) is 0.586. The standard InChI is InChI=1S/C11H17ClN2O3S/c1-2-3-7-17-8-6-14-18(15,16)10-4-5-13-11(12)9-10/h4-5,9,14H,2-3,6-8H2,1H3. The van der Waals surface area contributed by atoms with E-state index < -0.39 is 10.0 Å². The summed E-state index contributed by atoms with van der Waals surface area (Å²) in [5.74, 6) is 0. The predicted molar refractivity (Wildman–Crippen MR) is 70.2 cm³/mol. The summed E-state index contributed by atoms with van der Waals surface area (Å²) in [6, 6.07) is 2.70. The molecule has 0 saturated heterocycles. The number of nitrogens with zero attached hydrogens (tertiary/aromatic N) is 1. The molecule has 1 heterocycles. The molecule has 0 radical (unpaired) electrons. The van der Waals surface area contributed by atoms with Crippen molar-refractivity contribution in [2.45, 2.75) is 24.7 Å². The van der Waals surface area contributed by atoms with Crippen molar-refractivity contribution >= 4 is 21.6 Å². The van der Waals surface area contributed by atoms with Gasteiger partial charge in [0.25, 0.3) is 0 Å². The monoisotopic (exact) mass is 292 g/mol. The normalized spacial score (nSPS) is 11.7. The molecule has 0 saturated carbocycles. The number of ether oxygens (including phenoxy) is 1. The zero-order valence-electron chi connectivity index (χ0n) is 10.2. The second-order valence-corrected chi connectivity index (χ2v) is 5.83. The summed E-state index contributed by atoms with van der Waals surface area (Å²) in [6.07, 6.45) is 3.39. The Morgan fingerprint density at radius 2 is 2.22 bits per heavy atom. The second-order valence-electron chi connectivity index (χ2n) is 3.68. The average molecular weight is 293 g/mol. The maximum atomic E-state index is 11.8. The van der Waals surface area contributed by atoms with Crippen molar-refractivity contribution in [2.75, 3.05) is 19.8 Å². The fraction of sp³-hybridized carbons (Fsp3) is 0.545. The number of hydrogen-bond acceptors (Lipinski definition) is 4. The van der Waals surface area contributed by atoms with Crippen molar-refractivity contribution < 1.29 is 13.2 Å². The number of hydrogen-bond donors (Lipinski definition) is 1. The van der Waals surface area contributed by atoms with Gasteiger partial charge in [-0.2, -0.15) is 0 Å². The van der Waals surface area contributed by atoms with Gasteiger partial charge < -0.3 is 4.74 Å². The van der Waals surface area contributed by atoms with Crippen LogP contribution in [-0.4, -0.2) is 33.2 Å². The fourth-order valence-electron chi connectivity index (χ4n) is 1.23. The number of halogens is 1. The summed E-state index contributed by atoms with van der Waals surface area (Å²) in [4.78, 5) is 3.84. The molecule has 0 fully saturated rings. The Balaban J connectivity index is 2.41. The lowest BCUT2D eigenvalue weighted by molar-refractivity contribution is 0.136. The minimum atomic E-state index is -3.53. The highest BCUT2D eigenvalue weighted by atomic mass is 35.5. The van der Waals surface area contributed by atoms with Crippen LogP contribution in [0.3, 0.4) is 0 Å². The van der Waals surface area contributed by atoms with E-state index in [-0.39, 0.29) is 16.6 Å². The van der Waals surface area contributed by atoms with Crippen LogP contribution in [0.5, 0.6) is 0 Å². The molecule has 1 rings (SSSR count). The summed E-state index contributed by atoms with van der Waals surface area (Å²) in [5, 5.41) is 0.150. The molecule has 102 valence electrons. The molecule has 0 aliphatic heterocycles. The molecule has 1 aromatic rings. The van der Waals surface area contributed by atoms with Crippen LogP contribution in [0.25, 0.3) is 0 Å². The predicted octanol–water partition coefficient (Wildman–Crippen LogP) is 1.83. The Morgan fingerprint density at radius 3 is 2.89 bits per heavy atom. The van der Waals surface area contributed by atoms with E-state index in [0.717, 1.165) is 12.8 Å². The number of pyridine rings is 1. The summed E-state index contributed by atoms with van der Waals surface area (Å²) in [7, 11) is -3.53. The van der Waals surface area contributed by atoms with Crippen molar-refractivity contribution in [2.24, 2.45) is 0 Å². The maximum absolute atomic E-state index is 11.8. The van der Waals surface area contributed by atoms with Gasteiger partial charge in [-0.15, -0.1) is 0 Å². The minimum absolute atomic E-state index is 0.107. The van der Waals surface area contributed by atoms with Gasteiger partial charge in [-0.1, -0.05) is 24.9 Å². The van der Waals surface area contributed by atoms with Crippen molar-refractivity contribution in [3.8, 4) is 0 Å². The molecule has 0 amide bonds. The van der Waals surface area contributed by atoms with E-state index in [4.69, 9.17) is 16.3 Å². The van der Waals surface area contributed by atoms with Crippen molar-refractivity contribution in [1.29, 1.82) is 0 Å². The molecule has 1 N–H and O–H groups in total. The van der Waals surface area contributed by atoms with Crippen molar-refractivity contribution in [3.63, 3.8) is 0 Å². The van der Waals surface area contributed by atoms with Crippen LogP contribution < -0.4 is 4.72 Å². The Bertz CT molecular complexity index is 465. The first-order valence-corrected chi connectivity index (χ1v) is 7.61. The van der Waals surface area contributed by atoms with Gasteiger partial charge in [0.2, 0.25) is 10.0 Å². The zero-order valence-corrected chi connectivity index (χ0v) is 11.8. The van der Waals surface area contributed by atoms with Gasteiger partial charge in [0.15, 0.2) is 0 Å². The number of unbranched alkanes of at least 4 members (excludes halogenated alkanes) is 1. The zero-order chi connectivity index (χ0) is 13.4. The van der Waals surface area contributed by atoms with Crippen LogP contribution >= 0.6 is 11.6 Å². The highest BCUT2D eigenvalue weighted by Gasteiger charge is 2.13. The van der Waals surface area contributed by atoms with Crippen LogP contribution in [0.15, 0.2) is 23.2 Å². The molecule has 0 atom stereocenters. The number of rotatable bonds is 8. The summed E-state index contributed by atoms with van der Waals surface area (Å²) < 4.78 is 31.3. The Hall–Kier alpha value is -0.690. The summed E-state index contributed by atoms with van der Waals surface area (Å²) >= 11 is 5.64. The lowest BCUT2D eigenvalue weighted by atomic mass is 10.4. The van der Waals surface area contributed by atoms with Crippen LogP contribution in [0.4, 0.5) is 0 Å². The molecule has 0 unspecified atom stereocenters. The van der Waals surface area contributed by atoms with Crippen molar-refractivity contribution in [1.82, 2.24) is 9.71 Å². The van der Waals surface area contributed by atoms with Crippen molar-refractivity contribution in [3.05, 3.63) is 23.5 Å². The van der Waals surface area contributed by atoms with Gasteiger partial charge in [-0.3, -0.25) is 0 Å². The number of sulfonamides is 1. The average Bonchev–Trinajstić information content (AvgIpc) is 2.33. The molecule has 18 heavy (non-hydrogen) atoms. The largest absolute Gasteiger partial charge is 0.380 e.